The van der Waals surface area contributed by atoms with Crippen molar-refractivity contribution in [3.63, 3.8) is 0 Å². The second-order valence-corrected chi connectivity index (χ2v) is 9.68. The lowest BCUT2D eigenvalue weighted by Crippen LogP contribution is -2.43. The maximum Gasteiger partial charge on any atom is 0.573 e. The lowest BCUT2D eigenvalue weighted by molar-refractivity contribution is -0.274. The third-order valence-electron chi connectivity index (χ3n) is 6.32. The van der Waals surface area contributed by atoms with E-state index in [0.717, 1.165) is 10.8 Å². The molecule has 200 valence electrons. The van der Waals surface area contributed by atoms with Crippen molar-refractivity contribution in [3.05, 3.63) is 77.9 Å². The van der Waals surface area contributed by atoms with E-state index in [1.165, 1.54) is 29.2 Å². The number of likely N-dealkylation sites (N-methyl/N-ethyl adjacent to an activating group) is 1. The average Bonchev–Trinajstić information content (AvgIpc) is 2.86. The number of imide groups is 1. The van der Waals surface area contributed by atoms with Gasteiger partial charge >= 0.3 is 6.36 Å². The summed E-state index contributed by atoms with van der Waals surface area (Å²) in [4.78, 5) is 30.1. The van der Waals surface area contributed by atoms with Crippen molar-refractivity contribution in [1.29, 1.82) is 0 Å². The summed E-state index contributed by atoms with van der Waals surface area (Å²) in [7, 11) is 3.75. The zero-order valence-corrected chi connectivity index (χ0v) is 21.7. The van der Waals surface area contributed by atoms with Gasteiger partial charge in [-0.25, -0.2) is 0 Å². The molecule has 7 nitrogen and oxygen atoms in total. The summed E-state index contributed by atoms with van der Waals surface area (Å²) in [5, 5.41) is 9.03. The van der Waals surface area contributed by atoms with E-state index < -0.39 is 6.36 Å². The fraction of sp³-hybridized carbons (Fsp3) is 0.179. The van der Waals surface area contributed by atoms with Crippen LogP contribution in [-0.4, -0.2) is 60.3 Å². The number of rotatable bonds is 6. The van der Waals surface area contributed by atoms with Gasteiger partial charge in [-0.15, -0.1) is 13.2 Å². The maximum absolute atomic E-state index is 13.7. The molecule has 0 spiro atoms. The van der Waals surface area contributed by atoms with Crippen LogP contribution in [0.4, 0.5) is 24.5 Å². The highest BCUT2D eigenvalue weighted by Crippen LogP contribution is 2.38. The van der Waals surface area contributed by atoms with Crippen LogP contribution in [0, 0.1) is 0 Å². The summed E-state index contributed by atoms with van der Waals surface area (Å²) < 4.78 is 41.2. The molecule has 2 N–H and O–H groups in total. The van der Waals surface area contributed by atoms with Crippen molar-refractivity contribution in [2.24, 2.45) is 0 Å². The molecule has 0 unspecified atom stereocenters. The number of amides is 2. The first-order valence-corrected chi connectivity index (χ1v) is 12.4. The van der Waals surface area contributed by atoms with E-state index >= 15 is 0 Å². The van der Waals surface area contributed by atoms with E-state index in [1.54, 1.807) is 24.3 Å². The number of anilines is 2. The molecule has 0 radical (unpaired) electrons. The number of fused-ring (bicyclic) bond motifs is 2. The van der Waals surface area contributed by atoms with E-state index in [4.69, 9.17) is 12.2 Å². The van der Waals surface area contributed by atoms with Gasteiger partial charge in [-0.2, -0.15) is 0 Å². The average molecular weight is 553 g/mol. The summed E-state index contributed by atoms with van der Waals surface area (Å²) in [5.74, 6) is -1.01. The Balaban J connectivity index is 1.48. The molecule has 0 fully saturated rings. The van der Waals surface area contributed by atoms with Gasteiger partial charge in [-0.1, -0.05) is 24.3 Å². The molecule has 0 aliphatic carbocycles. The van der Waals surface area contributed by atoms with Crippen molar-refractivity contribution in [3.8, 4) is 5.75 Å². The molecule has 1 aliphatic heterocycles. The normalized spacial score (nSPS) is 13.3. The Hall–Kier alpha value is -4.22. The van der Waals surface area contributed by atoms with Gasteiger partial charge in [0.2, 0.25) is 0 Å². The Bertz CT molecular complexity index is 1620. The number of carbonyl (C=O) groups excluding carboxylic acids is 2. The predicted molar refractivity (Wildman–Crippen MR) is 148 cm³/mol. The number of alkyl halides is 3. The Morgan fingerprint density at radius 1 is 0.949 bits per heavy atom. The van der Waals surface area contributed by atoms with Crippen LogP contribution in [-0.2, 0) is 0 Å². The zero-order chi connectivity index (χ0) is 27.9. The smallest absolute Gasteiger partial charge is 0.406 e. The van der Waals surface area contributed by atoms with Crippen LogP contribution in [0.2, 0.25) is 0 Å². The molecule has 4 aromatic carbocycles. The van der Waals surface area contributed by atoms with E-state index in [2.05, 4.69) is 15.4 Å². The first-order valence-electron chi connectivity index (χ1n) is 11.9. The minimum absolute atomic E-state index is 0.198. The van der Waals surface area contributed by atoms with Crippen LogP contribution < -0.4 is 15.4 Å². The first kappa shape index (κ1) is 26.4. The Morgan fingerprint density at radius 3 is 2.36 bits per heavy atom. The molecule has 0 atom stereocenters. The monoisotopic (exact) mass is 552 g/mol. The summed E-state index contributed by atoms with van der Waals surface area (Å²) in [6, 6.07) is 17.9. The molecule has 4 aromatic rings. The summed E-state index contributed by atoms with van der Waals surface area (Å²) in [6.07, 6.45) is -4.78. The van der Waals surface area contributed by atoms with Gasteiger partial charge in [0.15, 0.2) is 5.11 Å². The SMILES string of the molecule is CN(C)CCN1C(=O)c2cccc3cc4c(NC(=S)Nc5ccc(OC(F)(F)F)cc5)cccc4c(c23)C1=O. The summed E-state index contributed by atoms with van der Waals surface area (Å²) >= 11 is 5.45. The minimum atomic E-state index is -4.78. The van der Waals surface area contributed by atoms with Crippen LogP contribution in [0.3, 0.4) is 0 Å². The van der Waals surface area contributed by atoms with Crippen molar-refractivity contribution in [1.82, 2.24) is 9.80 Å². The molecule has 0 saturated heterocycles. The van der Waals surface area contributed by atoms with E-state index in [0.29, 0.717) is 39.8 Å². The third-order valence-corrected chi connectivity index (χ3v) is 6.53. The van der Waals surface area contributed by atoms with E-state index in [-0.39, 0.29) is 29.2 Å². The fourth-order valence-electron chi connectivity index (χ4n) is 4.61. The van der Waals surface area contributed by atoms with Gasteiger partial charge in [0, 0.05) is 40.8 Å². The Kier molecular flexibility index (Phi) is 6.87. The van der Waals surface area contributed by atoms with Crippen LogP contribution in [0.1, 0.15) is 20.7 Å². The molecule has 39 heavy (non-hydrogen) atoms. The van der Waals surface area contributed by atoms with Crippen molar-refractivity contribution in [2.75, 3.05) is 37.8 Å². The zero-order valence-electron chi connectivity index (χ0n) is 20.9. The molecule has 5 rings (SSSR count). The fourth-order valence-corrected chi connectivity index (χ4v) is 4.84. The highest BCUT2D eigenvalue weighted by Gasteiger charge is 2.34. The van der Waals surface area contributed by atoms with Gasteiger partial charge < -0.3 is 20.3 Å². The van der Waals surface area contributed by atoms with Crippen molar-refractivity contribution in [2.45, 2.75) is 6.36 Å². The topological polar surface area (TPSA) is 73.9 Å². The molecule has 11 heteroatoms. The summed E-state index contributed by atoms with van der Waals surface area (Å²) in [5.41, 5.74) is 2.02. The van der Waals surface area contributed by atoms with Crippen molar-refractivity contribution < 1.29 is 27.5 Å². The molecule has 0 bridgehead atoms. The third kappa shape index (κ3) is 5.36. The van der Waals surface area contributed by atoms with E-state index in [1.807, 2.05) is 37.2 Å². The standard InChI is InChI=1S/C28H23F3N4O3S/c1-34(2)13-14-35-25(36)20-7-3-5-16-15-21-19(24(23(16)20)26(35)37)6-4-8-22(21)33-27(39)32-17-9-11-18(12-10-17)38-28(29,30)31/h3-12,15H,13-14H2,1-2H3,(H2,32,33,39). The summed E-state index contributed by atoms with van der Waals surface area (Å²) in [6.45, 7) is 0.791. The van der Waals surface area contributed by atoms with Gasteiger partial charge in [0.25, 0.3) is 11.8 Å². The van der Waals surface area contributed by atoms with E-state index in [9.17, 15) is 22.8 Å². The number of carbonyl (C=O) groups is 2. The van der Waals surface area contributed by atoms with Gasteiger partial charge in [0.1, 0.15) is 5.75 Å². The number of thiocarbonyl (C=S) groups is 1. The lowest BCUT2D eigenvalue weighted by Gasteiger charge is -2.29. The highest BCUT2D eigenvalue weighted by atomic mass is 32.1. The molecular weight excluding hydrogens is 529 g/mol. The largest absolute Gasteiger partial charge is 0.573 e. The highest BCUT2D eigenvalue weighted by molar-refractivity contribution is 7.80. The second kappa shape index (κ2) is 10.2. The first-order chi connectivity index (χ1) is 18.5. The number of ether oxygens (including phenoxy) is 1. The minimum Gasteiger partial charge on any atom is -0.406 e. The molecule has 1 aliphatic rings. The Morgan fingerprint density at radius 2 is 1.67 bits per heavy atom. The van der Waals surface area contributed by atoms with Gasteiger partial charge in [-0.05, 0) is 79.6 Å². The van der Waals surface area contributed by atoms with Crippen LogP contribution in [0.25, 0.3) is 21.5 Å². The lowest BCUT2D eigenvalue weighted by atomic mass is 9.89. The quantitative estimate of drug-likeness (QED) is 0.176. The van der Waals surface area contributed by atoms with Gasteiger partial charge in [0.05, 0.1) is 5.56 Å². The molecule has 2 amide bonds. The van der Waals surface area contributed by atoms with Gasteiger partial charge in [-0.3, -0.25) is 14.5 Å². The molecular formula is C28H23F3N4O3S. The molecule has 1 heterocycles. The molecule has 0 aromatic heterocycles. The van der Waals surface area contributed by atoms with Crippen LogP contribution in [0.15, 0.2) is 66.7 Å². The molecule has 0 saturated carbocycles. The number of hydrogen-bond donors (Lipinski definition) is 2. The van der Waals surface area contributed by atoms with Crippen molar-refractivity contribution >= 4 is 62.1 Å². The number of nitrogens with one attached hydrogen (secondary N) is 2. The number of halogens is 3. The predicted octanol–water partition coefficient (Wildman–Crippen LogP) is 5.86. The maximum atomic E-state index is 13.7. The number of nitrogens with zero attached hydrogens (tertiary/aromatic N) is 2. The number of hydrogen-bond acceptors (Lipinski definition) is 5. The van der Waals surface area contributed by atoms with Crippen LogP contribution in [0.5, 0.6) is 5.75 Å². The van der Waals surface area contributed by atoms with Crippen LogP contribution >= 0.6 is 12.2 Å². The Labute approximate surface area is 227 Å². The second-order valence-electron chi connectivity index (χ2n) is 9.27. The number of benzene rings is 4.